The highest BCUT2D eigenvalue weighted by atomic mass is 16.3. The van der Waals surface area contributed by atoms with Crippen molar-refractivity contribution in [3.8, 4) is 0 Å². The molecule has 1 amide bonds. The van der Waals surface area contributed by atoms with Gasteiger partial charge >= 0.3 is 0 Å². The van der Waals surface area contributed by atoms with Crippen molar-refractivity contribution in [1.29, 1.82) is 0 Å². The number of likely N-dealkylation sites (tertiary alicyclic amines) is 1. The first-order valence-corrected chi connectivity index (χ1v) is 8.62. The molecule has 1 N–H and O–H groups in total. The van der Waals surface area contributed by atoms with Gasteiger partial charge in [0.2, 0.25) is 5.91 Å². The predicted molar refractivity (Wildman–Crippen MR) is 92.3 cm³/mol. The molecule has 0 radical (unpaired) electrons. The predicted octanol–water partition coefficient (Wildman–Crippen LogP) is 2.82. The van der Waals surface area contributed by atoms with Crippen molar-refractivity contribution in [3.05, 3.63) is 36.0 Å². The Balaban J connectivity index is 1.78. The maximum Gasteiger partial charge on any atom is 0.227 e. The maximum atomic E-state index is 12.7. The number of piperidine rings is 1. The zero-order chi connectivity index (χ0) is 16.4. The third-order valence-electron chi connectivity index (χ3n) is 5.05. The first-order chi connectivity index (χ1) is 11.1. The third-order valence-corrected chi connectivity index (χ3v) is 5.05. The number of fused-ring (bicyclic) bond motifs is 1. The van der Waals surface area contributed by atoms with Crippen LogP contribution >= 0.6 is 0 Å². The van der Waals surface area contributed by atoms with Crippen molar-refractivity contribution >= 4 is 16.8 Å². The van der Waals surface area contributed by atoms with E-state index in [9.17, 15) is 9.90 Å². The fourth-order valence-corrected chi connectivity index (χ4v) is 3.63. The Hall–Kier alpha value is -1.81. The summed E-state index contributed by atoms with van der Waals surface area (Å²) in [6, 6.07) is 8.27. The minimum atomic E-state index is -0.340. The molecule has 1 fully saturated rings. The van der Waals surface area contributed by atoms with E-state index >= 15 is 0 Å². The second-order valence-electron chi connectivity index (χ2n) is 6.62. The molecule has 2 heterocycles. The Bertz CT molecular complexity index is 690. The Kier molecular flexibility index (Phi) is 4.71. The van der Waals surface area contributed by atoms with Crippen molar-refractivity contribution in [3.63, 3.8) is 0 Å². The van der Waals surface area contributed by atoms with Crippen LogP contribution in [0.15, 0.2) is 30.5 Å². The molecule has 1 saturated heterocycles. The highest BCUT2D eigenvalue weighted by molar-refractivity contribution is 5.89. The molecule has 124 valence electrons. The van der Waals surface area contributed by atoms with Crippen LogP contribution < -0.4 is 0 Å². The van der Waals surface area contributed by atoms with Gasteiger partial charge < -0.3 is 14.6 Å². The summed E-state index contributed by atoms with van der Waals surface area (Å²) in [5, 5.41) is 11.0. The molecule has 4 nitrogen and oxygen atoms in total. The summed E-state index contributed by atoms with van der Waals surface area (Å²) in [6.07, 6.45) is 4.21. The summed E-state index contributed by atoms with van der Waals surface area (Å²) in [7, 11) is 0. The van der Waals surface area contributed by atoms with Gasteiger partial charge in [-0.1, -0.05) is 18.2 Å². The topological polar surface area (TPSA) is 45.5 Å². The van der Waals surface area contributed by atoms with E-state index in [1.807, 2.05) is 24.0 Å². The number of carbonyl (C=O) groups is 1. The molecule has 2 atom stereocenters. The van der Waals surface area contributed by atoms with Crippen LogP contribution in [0.4, 0.5) is 0 Å². The zero-order valence-corrected chi connectivity index (χ0v) is 14.0. The molecule has 1 aromatic carbocycles. The van der Waals surface area contributed by atoms with E-state index in [4.69, 9.17) is 0 Å². The first-order valence-electron chi connectivity index (χ1n) is 8.62. The molecule has 2 aromatic rings. The summed E-state index contributed by atoms with van der Waals surface area (Å²) in [6.45, 7) is 6.35. The number of amides is 1. The summed E-state index contributed by atoms with van der Waals surface area (Å²) in [5.74, 6) is 0.388. The molecular weight excluding hydrogens is 288 g/mol. The van der Waals surface area contributed by atoms with E-state index in [1.165, 1.54) is 10.9 Å². The summed E-state index contributed by atoms with van der Waals surface area (Å²) < 4.78 is 2.20. The van der Waals surface area contributed by atoms with E-state index in [-0.39, 0.29) is 17.9 Å². The number of hydrogen-bond donors (Lipinski definition) is 1. The normalized spacial score (nSPS) is 20.0. The second kappa shape index (κ2) is 6.75. The van der Waals surface area contributed by atoms with Gasteiger partial charge in [-0.15, -0.1) is 0 Å². The Morgan fingerprint density at radius 2 is 2.17 bits per heavy atom. The SMILES string of the molecule is CCn1cc(CC(=O)N2CCC[C@H]([C@H](C)O)C2)c2ccccc21. The van der Waals surface area contributed by atoms with Crippen LogP contribution in [0.25, 0.3) is 10.9 Å². The lowest BCUT2D eigenvalue weighted by atomic mass is 9.93. The van der Waals surface area contributed by atoms with Crippen molar-refractivity contribution in [2.75, 3.05) is 13.1 Å². The number of aryl methyl sites for hydroxylation is 1. The van der Waals surface area contributed by atoms with Crippen LogP contribution in [0.2, 0.25) is 0 Å². The fourth-order valence-electron chi connectivity index (χ4n) is 3.63. The monoisotopic (exact) mass is 314 g/mol. The van der Waals surface area contributed by atoms with Gasteiger partial charge in [-0.25, -0.2) is 0 Å². The van der Waals surface area contributed by atoms with Gasteiger partial charge in [0.05, 0.1) is 12.5 Å². The van der Waals surface area contributed by atoms with Gasteiger partial charge in [0, 0.05) is 42.7 Å². The van der Waals surface area contributed by atoms with Crippen LogP contribution in [0, 0.1) is 5.92 Å². The lowest BCUT2D eigenvalue weighted by Gasteiger charge is -2.34. The van der Waals surface area contributed by atoms with E-state index in [0.717, 1.165) is 31.5 Å². The lowest BCUT2D eigenvalue weighted by molar-refractivity contribution is -0.133. The Morgan fingerprint density at radius 1 is 1.39 bits per heavy atom. The average molecular weight is 314 g/mol. The van der Waals surface area contributed by atoms with E-state index < -0.39 is 0 Å². The van der Waals surface area contributed by atoms with Gasteiger partial charge in [0.25, 0.3) is 0 Å². The number of aliphatic hydroxyl groups is 1. The summed E-state index contributed by atoms with van der Waals surface area (Å²) in [4.78, 5) is 14.6. The second-order valence-corrected chi connectivity index (χ2v) is 6.62. The molecule has 0 bridgehead atoms. The smallest absolute Gasteiger partial charge is 0.227 e. The number of aliphatic hydroxyl groups excluding tert-OH is 1. The maximum absolute atomic E-state index is 12.7. The van der Waals surface area contributed by atoms with Gasteiger partial charge in [-0.05, 0) is 38.3 Å². The van der Waals surface area contributed by atoms with Crippen molar-refractivity contribution < 1.29 is 9.90 Å². The first kappa shape index (κ1) is 16.1. The Labute approximate surface area is 137 Å². The van der Waals surface area contributed by atoms with E-state index in [1.54, 1.807) is 0 Å². The van der Waals surface area contributed by atoms with Crippen LogP contribution in [-0.4, -0.2) is 39.7 Å². The molecule has 1 aromatic heterocycles. The lowest BCUT2D eigenvalue weighted by Crippen LogP contribution is -2.43. The molecule has 0 saturated carbocycles. The van der Waals surface area contributed by atoms with Crippen molar-refractivity contribution in [1.82, 2.24) is 9.47 Å². The highest BCUT2D eigenvalue weighted by Crippen LogP contribution is 2.24. The molecule has 3 rings (SSSR count). The number of hydrogen-bond acceptors (Lipinski definition) is 2. The van der Waals surface area contributed by atoms with Crippen molar-refractivity contribution in [2.24, 2.45) is 5.92 Å². The van der Waals surface area contributed by atoms with Gasteiger partial charge in [0.1, 0.15) is 0 Å². The molecule has 4 heteroatoms. The van der Waals surface area contributed by atoms with Gasteiger partial charge in [0.15, 0.2) is 0 Å². The van der Waals surface area contributed by atoms with Crippen LogP contribution in [0.1, 0.15) is 32.3 Å². The molecule has 1 aliphatic rings. The minimum Gasteiger partial charge on any atom is -0.393 e. The molecular formula is C19H26N2O2. The van der Waals surface area contributed by atoms with Crippen LogP contribution in [-0.2, 0) is 17.8 Å². The molecule has 0 aliphatic carbocycles. The number of aromatic nitrogens is 1. The Morgan fingerprint density at radius 3 is 2.91 bits per heavy atom. The molecule has 23 heavy (non-hydrogen) atoms. The van der Waals surface area contributed by atoms with Gasteiger partial charge in [-0.3, -0.25) is 4.79 Å². The van der Waals surface area contributed by atoms with Crippen LogP contribution in [0.5, 0.6) is 0 Å². The largest absolute Gasteiger partial charge is 0.393 e. The number of benzene rings is 1. The molecule has 1 aliphatic heterocycles. The van der Waals surface area contributed by atoms with Gasteiger partial charge in [-0.2, -0.15) is 0 Å². The summed E-state index contributed by atoms with van der Waals surface area (Å²) >= 11 is 0. The minimum absolute atomic E-state index is 0.175. The number of para-hydroxylation sites is 1. The van der Waals surface area contributed by atoms with Crippen molar-refractivity contribution in [2.45, 2.75) is 45.8 Å². The number of nitrogens with zero attached hydrogens (tertiary/aromatic N) is 2. The van der Waals surface area contributed by atoms with E-state index in [0.29, 0.717) is 13.0 Å². The average Bonchev–Trinajstić information content (AvgIpc) is 2.93. The van der Waals surface area contributed by atoms with E-state index in [2.05, 4.69) is 29.8 Å². The fraction of sp³-hybridized carbons (Fsp3) is 0.526. The number of carbonyl (C=O) groups excluding carboxylic acids is 1. The quantitative estimate of drug-likeness (QED) is 0.943. The van der Waals surface area contributed by atoms with Crippen LogP contribution in [0.3, 0.4) is 0 Å². The third kappa shape index (κ3) is 3.27. The molecule has 0 spiro atoms. The molecule has 0 unspecified atom stereocenters. The zero-order valence-electron chi connectivity index (χ0n) is 14.0. The summed E-state index contributed by atoms with van der Waals surface area (Å²) in [5.41, 5.74) is 2.30. The standard InChI is InChI=1S/C19H26N2O2/c1-3-20-13-16(17-8-4-5-9-18(17)20)11-19(23)21-10-6-7-15(12-21)14(2)22/h4-5,8-9,13-15,22H,3,6-7,10-12H2,1-2H3/t14-,15-/m0/s1. The number of rotatable bonds is 4. The highest BCUT2D eigenvalue weighted by Gasteiger charge is 2.26.